The van der Waals surface area contributed by atoms with Gasteiger partial charge in [-0.15, -0.1) is 11.3 Å². The van der Waals surface area contributed by atoms with E-state index < -0.39 is 0 Å². The number of ether oxygens (including phenoxy) is 1. The lowest BCUT2D eigenvalue weighted by molar-refractivity contribution is 0.0616. The highest BCUT2D eigenvalue weighted by Crippen LogP contribution is 2.31. The van der Waals surface area contributed by atoms with Gasteiger partial charge in [-0.3, -0.25) is 0 Å². The van der Waals surface area contributed by atoms with Crippen LogP contribution in [0.15, 0.2) is 12.1 Å². The van der Waals surface area contributed by atoms with Gasteiger partial charge in [-0.2, -0.15) is 0 Å². The van der Waals surface area contributed by atoms with E-state index in [0.29, 0.717) is 0 Å². The Morgan fingerprint density at radius 1 is 1.35 bits per heavy atom. The highest BCUT2D eigenvalue weighted by Gasteiger charge is 2.23. The molecule has 4 heteroatoms. The first kappa shape index (κ1) is 15.0. The Kier molecular flexibility index (Phi) is 7.12. The number of halogens is 1. The Morgan fingerprint density at radius 2 is 2.12 bits per heavy atom. The molecule has 0 aliphatic heterocycles. The summed E-state index contributed by atoms with van der Waals surface area (Å²) in [5, 5.41) is 3.56. The van der Waals surface area contributed by atoms with Crippen LogP contribution < -0.4 is 5.32 Å². The molecule has 0 fully saturated rings. The third-order valence-electron chi connectivity index (χ3n) is 2.76. The summed E-state index contributed by atoms with van der Waals surface area (Å²) in [6, 6.07) is 4.32. The van der Waals surface area contributed by atoms with E-state index in [-0.39, 0.29) is 12.1 Å². The molecule has 0 bridgehead atoms. The van der Waals surface area contributed by atoms with Crippen LogP contribution in [0.4, 0.5) is 0 Å². The maximum atomic E-state index is 6.01. The van der Waals surface area contributed by atoms with Crippen molar-refractivity contribution < 1.29 is 4.74 Å². The molecule has 0 aliphatic rings. The molecule has 0 spiro atoms. The molecule has 1 heterocycles. The normalized spacial score (nSPS) is 14.8. The predicted octanol–water partition coefficient (Wildman–Crippen LogP) is 4.26. The second-order valence-corrected chi connectivity index (χ2v) is 5.88. The summed E-state index contributed by atoms with van der Waals surface area (Å²) >= 11 is 7.65. The zero-order valence-corrected chi connectivity index (χ0v) is 12.4. The number of thiophene rings is 1. The molecule has 17 heavy (non-hydrogen) atoms. The van der Waals surface area contributed by atoms with Crippen LogP contribution in [0.3, 0.4) is 0 Å². The number of rotatable bonds is 8. The summed E-state index contributed by atoms with van der Waals surface area (Å²) in [6.07, 6.45) is 3.54. The summed E-state index contributed by atoms with van der Waals surface area (Å²) < 4.78 is 6.46. The zero-order chi connectivity index (χ0) is 12.7. The van der Waals surface area contributed by atoms with Crippen LogP contribution in [0.5, 0.6) is 0 Å². The van der Waals surface area contributed by atoms with Gasteiger partial charge in [-0.1, -0.05) is 31.9 Å². The fourth-order valence-electron chi connectivity index (χ4n) is 1.92. The summed E-state index contributed by atoms with van der Waals surface area (Å²) in [7, 11) is 1.79. The first-order valence-corrected chi connectivity index (χ1v) is 7.43. The van der Waals surface area contributed by atoms with Crippen LogP contribution in [0.1, 0.15) is 44.0 Å². The molecule has 0 radical (unpaired) electrons. The molecule has 1 N–H and O–H groups in total. The number of hydrogen-bond donors (Lipinski definition) is 1. The molecule has 1 aromatic rings. The lowest BCUT2D eigenvalue weighted by Gasteiger charge is -2.26. The lowest BCUT2D eigenvalue weighted by Crippen LogP contribution is -2.33. The van der Waals surface area contributed by atoms with Crippen molar-refractivity contribution >= 4 is 22.9 Å². The highest BCUT2D eigenvalue weighted by molar-refractivity contribution is 7.16. The highest BCUT2D eigenvalue weighted by atomic mass is 35.5. The van der Waals surface area contributed by atoms with E-state index in [1.165, 1.54) is 4.88 Å². The Bertz CT molecular complexity index is 316. The minimum atomic E-state index is 0.223. The second kappa shape index (κ2) is 8.09. The number of nitrogens with one attached hydrogen (secondary N) is 1. The molecule has 0 saturated heterocycles. The Labute approximate surface area is 113 Å². The summed E-state index contributed by atoms with van der Waals surface area (Å²) in [5.74, 6) is 0. The van der Waals surface area contributed by atoms with E-state index >= 15 is 0 Å². The van der Waals surface area contributed by atoms with Gasteiger partial charge in [0.05, 0.1) is 16.5 Å². The average Bonchev–Trinajstić information content (AvgIpc) is 2.75. The van der Waals surface area contributed by atoms with Crippen LogP contribution in [0.25, 0.3) is 0 Å². The predicted molar refractivity (Wildman–Crippen MR) is 76.1 cm³/mol. The third kappa shape index (κ3) is 4.59. The van der Waals surface area contributed by atoms with Crippen molar-refractivity contribution in [3.05, 3.63) is 21.3 Å². The van der Waals surface area contributed by atoms with Crippen LogP contribution in [-0.2, 0) is 4.74 Å². The van der Waals surface area contributed by atoms with Gasteiger partial charge < -0.3 is 10.1 Å². The van der Waals surface area contributed by atoms with E-state index in [1.54, 1.807) is 18.4 Å². The molecule has 0 aromatic carbocycles. The van der Waals surface area contributed by atoms with Gasteiger partial charge in [0.1, 0.15) is 0 Å². The molecule has 98 valence electrons. The monoisotopic (exact) mass is 275 g/mol. The smallest absolute Gasteiger partial charge is 0.0931 e. The van der Waals surface area contributed by atoms with Gasteiger partial charge in [-0.25, -0.2) is 0 Å². The zero-order valence-electron chi connectivity index (χ0n) is 10.8. The van der Waals surface area contributed by atoms with Crippen molar-refractivity contribution in [2.45, 2.75) is 45.3 Å². The van der Waals surface area contributed by atoms with Crippen molar-refractivity contribution in [2.24, 2.45) is 0 Å². The van der Waals surface area contributed by atoms with Gasteiger partial charge in [0.2, 0.25) is 0 Å². The Hall–Kier alpha value is -0.0900. The Morgan fingerprint density at radius 3 is 2.59 bits per heavy atom. The molecule has 2 atom stereocenters. The first-order chi connectivity index (χ1) is 8.22. The van der Waals surface area contributed by atoms with Crippen LogP contribution in [0, 0.1) is 0 Å². The maximum absolute atomic E-state index is 6.01. The van der Waals surface area contributed by atoms with Crippen LogP contribution in [0.2, 0.25) is 4.34 Å². The van der Waals surface area contributed by atoms with E-state index in [9.17, 15) is 0 Å². The van der Waals surface area contributed by atoms with Crippen molar-refractivity contribution in [3.63, 3.8) is 0 Å². The quantitative estimate of drug-likeness (QED) is 0.765. The van der Waals surface area contributed by atoms with E-state index in [4.69, 9.17) is 16.3 Å². The summed E-state index contributed by atoms with van der Waals surface area (Å²) in [4.78, 5) is 1.27. The molecule has 2 unspecified atom stereocenters. The first-order valence-electron chi connectivity index (χ1n) is 6.24. The van der Waals surface area contributed by atoms with Crippen LogP contribution >= 0.6 is 22.9 Å². The van der Waals surface area contributed by atoms with Gasteiger partial charge in [0.25, 0.3) is 0 Å². The maximum Gasteiger partial charge on any atom is 0.0931 e. The van der Waals surface area contributed by atoms with Gasteiger partial charge >= 0.3 is 0 Å². The van der Waals surface area contributed by atoms with Crippen molar-refractivity contribution in [1.82, 2.24) is 5.32 Å². The average molecular weight is 276 g/mol. The molecule has 1 aromatic heterocycles. The molecule has 0 aliphatic carbocycles. The molecule has 0 saturated carbocycles. The van der Waals surface area contributed by atoms with Crippen LogP contribution in [-0.4, -0.2) is 19.8 Å². The topological polar surface area (TPSA) is 21.3 Å². The number of methoxy groups -OCH3 is 1. The Balaban J connectivity index is 2.77. The van der Waals surface area contributed by atoms with Crippen molar-refractivity contribution in [1.29, 1.82) is 0 Å². The molecule has 0 amide bonds. The minimum Gasteiger partial charge on any atom is -0.379 e. The second-order valence-electron chi connectivity index (χ2n) is 4.14. The molecular weight excluding hydrogens is 254 g/mol. The standard InChI is InChI=1S/C13H22ClNOS/c1-4-6-10(16-3)13(15-9-5-2)11-7-8-12(14)17-11/h7-8,10,13,15H,4-6,9H2,1-3H3. The van der Waals surface area contributed by atoms with Crippen molar-refractivity contribution in [3.8, 4) is 0 Å². The summed E-state index contributed by atoms with van der Waals surface area (Å²) in [5.41, 5.74) is 0. The third-order valence-corrected chi connectivity index (χ3v) is 4.08. The van der Waals surface area contributed by atoms with E-state index in [0.717, 1.165) is 30.1 Å². The fourth-order valence-corrected chi connectivity index (χ4v) is 3.11. The minimum absolute atomic E-state index is 0.223. The van der Waals surface area contributed by atoms with Gasteiger partial charge in [0.15, 0.2) is 0 Å². The lowest BCUT2D eigenvalue weighted by atomic mass is 10.0. The molecule has 1 rings (SSSR count). The largest absolute Gasteiger partial charge is 0.379 e. The SMILES string of the molecule is CCCNC(c1ccc(Cl)s1)C(CCC)OC. The van der Waals surface area contributed by atoms with Gasteiger partial charge in [-0.05, 0) is 31.5 Å². The molecular formula is C13H22ClNOS. The summed E-state index contributed by atoms with van der Waals surface area (Å²) in [6.45, 7) is 5.36. The van der Waals surface area contributed by atoms with E-state index in [1.807, 2.05) is 6.07 Å². The van der Waals surface area contributed by atoms with Gasteiger partial charge in [0, 0.05) is 12.0 Å². The van der Waals surface area contributed by atoms with Crippen molar-refractivity contribution in [2.75, 3.05) is 13.7 Å². The number of hydrogen-bond acceptors (Lipinski definition) is 3. The molecule has 2 nitrogen and oxygen atoms in total. The fraction of sp³-hybridized carbons (Fsp3) is 0.692. The van der Waals surface area contributed by atoms with E-state index in [2.05, 4.69) is 25.2 Å².